The van der Waals surface area contributed by atoms with Crippen LogP contribution in [0.4, 0.5) is 5.69 Å². The highest BCUT2D eigenvalue weighted by atomic mass is 16.5. The van der Waals surface area contributed by atoms with E-state index >= 15 is 0 Å². The molecule has 0 atom stereocenters. The van der Waals surface area contributed by atoms with Crippen molar-refractivity contribution < 1.29 is 14.8 Å². The molecule has 1 rings (SSSR count). The Labute approximate surface area is 99.8 Å². The third kappa shape index (κ3) is 5.67. The van der Waals surface area contributed by atoms with Crippen LogP contribution in [0, 0.1) is 0 Å². The largest absolute Gasteiger partial charge is 0.326 e. The Kier molecular flexibility index (Phi) is 5.74. The average Bonchev–Trinajstić information content (AvgIpc) is 2.35. The lowest BCUT2D eigenvalue weighted by Crippen LogP contribution is -2.18. The van der Waals surface area contributed by atoms with Gasteiger partial charge in [0.15, 0.2) is 0 Å². The molecule has 1 aromatic rings. The van der Waals surface area contributed by atoms with Crippen LogP contribution in [0.15, 0.2) is 30.3 Å². The molecule has 0 aliphatic carbocycles. The molecule has 0 aliphatic rings. The molecule has 5 nitrogen and oxygen atoms in total. The van der Waals surface area contributed by atoms with Gasteiger partial charge in [-0.05, 0) is 25.0 Å². The third-order valence-corrected chi connectivity index (χ3v) is 2.24. The van der Waals surface area contributed by atoms with Crippen LogP contribution in [0.25, 0.3) is 0 Å². The van der Waals surface area contributed by atoms with E-state index in [2.05, 4.69) is 5.32 Å². The first-order valence-corrected chi connectivity index (χ1v) is 5.50. The van der Waals surface area contributed by atoms with Gasteiger partial charge < -0.3 is 5.32 Å². The zero-order valence-electron chi connectivity index (χ0n) is 9.48. The summed E-state index contributed by atoms with van der Waals surface area (Å²) >= 11 is 0. The zero-order valence-corrected chi connectivity index (χ0v) is 9.48. The van der Waals surface area contributed by atoms with Gasteiger partial charge in [-0.25, -0.2) is 5.48 Å². The smallest absolute Gasteiger partial charge is 0.243 e. The van der Waals surface area contributed by atoms with Crippen LogP contribution >= 0.6 is 0 Å². The molecule has 0 saturated carbocycles. The van der Waals surface area contributed by atoms with Crippen LogP contribution in [-0.2, 0) is 9.59 Å². The summed E-state index contributed by atoms with van der Waals surface area (Å²) in [5.74, 6) is -0.492. The van der Waals surface area contributed by atoms with Crippen molar-refractivity contribution in [3.8, 4) is 0 Å². The SMILES string of the molecule is O=C(CCCCC(=O)Nc1ccccc1)NO. The maximum absolute atomic E-state index is 11.5. The predicted molar refractivity (Wildman–Crippen MR) is 63.5 cm³/mol. The first-order chi connectivity index (χ1) is 8.22. The van der Waals surface area contributed by atoms with Gasteiger partial charge in [-0.3, -0.25) is 14.8 Å². The van der Waals surface area contributed by atoms with Gasteiger partial charge in [-0.1, -0.05) is 18.2 Å². The fourth-order valence-corrected chi connectivity index (χ4v) is 1.37. The second-order valence-corrected chi connectivity index (χ2v) is 3.66. The fraction of sp³-hybridized carbons (Fsp3) is 0.333. The Hall–Kier alpha value is -1.88. The van der Waals surface area contributed by atoms with E-state index in [4.69, 9.17) is 5.21 Å². The van der Waals surface area contributed by atoms with Crippen molar-refractivity contribution in [2.24, 2.45) is 0 Å². The van der Waals surface area contributed by atoms with Gasteiger partial charge in [0.25, 0.3) is 0 Å². The molecule has 2 amide bonds. The molecular formula is C12H16N2O3. The summed E-state index contributed by atoms with van der Waals surface area (Å²) < 4.78 is 0. The number of carbonyl (C=O) groups is 2. The van der Waals surface area contributed by atoms with Crippen LogP contribution in [-0.4, -0.2) is 17.0 Å². The van der Waals surface area contributed by atoms with Gasteiger partial charge in [0, 0.05) is 18.5 Å². The minimum Gasteiger partial charge on any atom is -0.326 e. The number of nitrogens with one attached hydrogen (secondary N) is 2. The van der Waals surface area contributed by atoms with E-state index in [0.29, 0.717) is 19.3 Å². The second-order valence-electron chi connectivity index (χ2n) is 3.66. The number of amides is 2. The fourth-order valence-electron chi connectivity index (χ4n) is 1.37. The number of benzene rings is 1. The Morgan fingerprint density at radius 2 is 1.59 bits per heavy atom. The highest BCUT2D eigenvalue weighted by Gasteiger charge is 2.03. The van der Waals surface area contributed by atoms with Crippen molar-refractivity contribution in [1.29, 1.82) is 0 Å². The van der Waals surface area contributed by atoms with E-state index in [1.54, 1.807) is 5.48 Å². The van der Waals surface area contributed by atoms with E-state index in [9.17, 15) is 9.59 Å². The van der Waals surface area contributed by atoms with E-state index < -0.39 is 5.91 Å². The molecule has 0 heterocycles. The first-order valence-electron chi connectivity index (χ1n) is 5.50. The van der Waals surface area contributed by atoms with Crippen molar-refractivity contribution >= 4 is 17.5 Å². The Morgan fingerprint density at radius 1 is 1.00 bits per heavy atom. The number of hydrogen-bond acceptors (Lipinski definition) is 3. The number of hydroxylamine groups is 1. The van der Waals surface area contributed by atoms with E-state index in [-0.39, 0.29) is 12.3 Å². The number of para-hydroxylation sites is 1. The molecule has 92 valence electrons. The van der Waals surface area contributed by atoms with Gasteiger partial charge in [-0.15, -0.1) is 0 Å². The lowest BCUT2D eigenvalue weighted by Gasteiger charge is -2.04. The lowest BCUT2D eigenvalue weighted by atomic mass is 10.2. The summed E-state index contributed by atoms with van der Waals surface area (Å²) in [7, 11) is 0. The zero-order chi connectivity index (χ0) is 12.5. The summed E-state index contributed by atoms with van der Waals surface area (Å²) in [5, 5.41) is 11.0. The molecule has 17 heavy (non-hydrogen) atoms. The number of unbranched alkanes of at least 4 members (excludes halogenated alkanes) is 1. The third-order valence-electron chi connectivity index (χ3n) is 2.24. The van der Waals surface area contributed by atoms with Gasteiger partial charge in [0.05, 0.1) is 0 Å². The number of rotatable bonds is 6. The van der Waals surface area contributed by atoms with E-state index in [0.717, 1.165) is 5.69 Å². The number of anilines is 1. The maximum atomic E-state index is 11.5. The predicted octanol–water partition coefficient (Wildman–Crippen LogP) is 1.69. The van der Waals surface area contributed by atoms with Gasteiger partial charge in [-0.2, -0.15) is 0 Å². The normalized spacial score (nSPS) is 9.71. The molecule has 0 spiro atoms. The minimum absolute atomic E-state index is 0.0689. The summed E-state index contributed by atoms with van der Waals surface area (Å²) in [6.45, 7) is 0. The second kappa shape index (κ2) is 7.40. The monoisotopic (exact) mass is 236 g/mol. The molecule has 5 heteroatoms. The maximum Gasteiger partial charge on any atom is 0.243 e. The van der Waals surface area contributed by atoms with Gasteiger partial charge in [0.2, 0.25) is 11.8 Å². The molecule has 0 aliphatic heterocycles. The van der Waals surface area contributed by atoms with Crippen molar-refractivity contribution in [2.45, 2.75) is 25.7 Å². The molecule has 0 fully saturated rings. The summed E-state index contributed by atoms with van der Waals surface area (Å²) in [4.78, 5) is 22.2. The molecule has 1 aromatic carbocycles. The van der Waals surface area contributed by atoms with Crippen LogP contribution in [0.3, 0.4) is 0 Å². The molecule has 0 bridgehead atoms. The van der Waals surface area contributed by atoms with Gasteiger partial charge >= 0.3 is 0 Å². The average molecular weight is 236 g/mol. The van der Waals surface area contributed by atoms with Crippen LogP contribution in [0.5, 0.6) is 0 Å². The van der Waals surface area contributed by atoms with Crippen molar-refractivity contribution in [3.63, 3.8) is 0 Å². The molecule has 0 radical (unpaired) electrons. The summed E-state index contributed by atoms with van der Waals surface area (Å²) in [6.07, 6.45) is 1.80. The molecule has 0 unspecified atom stereocenters. The van der Waals surface area contributed by atoms with Crippen molar-refractivity contribution in [2.75, 3.05) is 5.32 Å². The van der Waals surface area contributed by atoms with E-state index in [1.807, 2.05) is 30.3 Å². The number of carbonyl (C=O) groups excluding carboxylic acids is 2. The highest BCUT2D eigenvalue weighted by Crippen LogP contribution is 2.07. The quantitative estimate of drug-likeness (QED) is 0.399. The minimum atomic E-state index is -0.423. The van der Waals surface area contributed by atoms with Gasteiger partial charge in [0.1, 0.15) is 0 Å². The van der Waals surface area contributed by atoms with Crippen LogP contribution < -0.4 is 10.8 Å². The topological polar surface area (TPSA) is 78.4 Å². The van der Waals surface area contributed by atoms with Crippen molar-refractivity contribution in [3.05, 3.63) is 30.3 Å². The Balaban J connectivity index is 2.16. The molecule has 0 saturated heterocycles. The molecule has 0 aromatic heterocycles. The summed E-state index contributed by atoms with van der Waals surface area (Å²) in [6, 6.07) is 9.21. The standard InChI is InChI=1S/C12H16N2O3/c15-11(8-4-5-9-12(16)14-17)13-10-6-2-1-3-7-10/h1-3,6-7,17H,4-5,8-9H2,(H,13,15)(H,14,16). The van der Waals surface area contributed by atoms with Crippen LogP contribution in [0.2, 0.25) is 0 Å². The lowest BCUT2D eigenvalue weighted by molar-refractivity contribution is -0.129. The van der Waals surface area contributed by atoms with Crippen molar-refractivity contribution in [1.82, 2.24) is 5.48 Å². The number of hydrogen-bond donors (Lipinski definition) is 3. The van der Waals surface area contributed by atoms with E-state index in [1.165, 1.54) is 0 Å². The highest BCUT2D eigenvalue weighted by molar-refractivity contribution is 5.90. The van der Waals surface area contributed by atoms with Crippen LogP contribution in [0.1, 0.15) is 25.7 Å². The molecule has 3 N–H and O–H groups in total. The Bertz CT molecular complexity index is 365. The molecular weight excluding hydrogens is 220 g/mol. The summed E-state index contributed by atoms with van der Waals surface area (Å²) in [5.41, 5.74) is 2.32. The first kappa shape index (κ1) is 13.2. The Morgan fingerprint density at radius 3 is 2.18 bits per heavy atom.